The summed E-state index contributed by atoms with van der Waals surface area (Å²) < 4.78 is 32.2. The van der Waals surface area contributed by atoms with E-state index in [2.05, 4.69) is 20.0 Å². The largest absolute Gasteiger partial charge is 0.481 e. The van der Waals surface area contributed by atoms with Crippen LogP contribution in [0.3, 0.4) is 0 Å². The number of anilines is 2. The predicted molar refractivity (Wildman–Crippen MR) is 64.9 cm³/mol. The summed E-state index contributed by atoms with van der Waals surface area (Å²) >= 11 is 0.770. The third-order valence-electron chi connectivity index (χ3n) is 1.94. The third-order valence-corrected chi connectivity index (χ3v) is 4.41. The van der Waals surface area contributed by atoms with Gasteiger partial charge >= 0.3 is 0 Å². The SMILES string of the molecule is COc1cc(NS(=O)(=O)c2nnc(N)s2)nn1C. The van der Waals surface area contributed by atoms with Crippen molar-refractivity contribution in [2.75, 3.05) is 17.6 Å². The number of methoxy groups -OCH3 is 1. The lowest BCUT2D eigenvalue weighted by Crippen LogP contribution is -2.13. The highest BCUT2D eigenvalue weighted by molar-refractivity contribution is 7.94. The Bertz CT molecular complexity index is 661. The van der Waals surface area contributed by atoms with E-state index < -0.39 is 10.0 Å². The maximum atomic E-state index is 11.9. The zero-order valence-electron chi connectivity index (χ0n) is 9.48. The Balaban J connectivity index is 2.27. The minimum absolute atomic E-state index is 0.0778. The second-order valence-electron chi connectivity index (χ2n) is 3.21. The molecule has 98 valence electrons. The van der Waals surface area contributed by atoms with Gasteiger partial charge < -0.3 is 10.5 Å². The number of nitrogens with two attached hydrogens (primary N) is 1. The van der Waals surface area contributed by atoms with Gasteiger partial charge in [0, 0.05) is 13.1 Å². The van der Waals surface area contributed by atoms with Gasteiger partial charge in [-0.25, -0.2) is 4.68 Å². The minimum Gasteiger partial charge on any atom is -0.481 e. The summed E-state index contributed by atoms with van der Waals surface area (Å²) in [6.45, 7) is 0. The first-order valence-corrected chi connectivity index (χ1v) is 6.92. The molecule has 2 rings (SSSR count). The van der Waals surface area contributed by atoms with Crippen LogP contribution < -0.4 is 15.2 Å². The Morgan fingerprint density at radius 2 is 2.22 bits per heavy atom. The van der Waals surface area contributed by atoms with E-state index in [1.165, 1.54) is 17.9 Å². The Kier molecular flexibility index (Phi) is 3.09. The molecule has 0 atom stereocenters. The van der Waals surface area contributed by atoms with Crippen LogP contribution in [0, 0.1) is 0 Å². The molecule has 0 aliphatic rings. The standard InChI is InChI=1S/C7H10N6O3S2/c1-13-5(16-2)3-4(11-13)12-18(14,15)7-10-9-6(8)17-7/h3H,1-2H3,(H2,8,9)(H,11,12). The normalized spacial score (nSPS) is 11.4. The van der Waals surface area contributed by atoms with Crippen LogP contribution in [0.15, 0.2) is 10.4 Å². The summed E-state index contributed by atoms with van der Waals surface area (Å²) in [6.07, 6.45) is 0. The zero-order valence-corrected chi connectivity index (χ0v) is 11.1. The lowest BCUT2D eigenvalue weighted by molar-refractivity contribution is 0.373. The summed E-state index contributed by atoms with van der Waals surface area (Å²) in [4.78, 5) is 0. The molecule has 0 aliphatic carbocycles. The molecule has 0 aromatic carbocycles. The topological polar surface area (TPSA) is 125 Å². The summed E-state index contributed by atoms with van der Waals surface area (Å²) in [5.41, 5.74) is 5.33. The van der Waals surface area contributed by atoms with Crippen molar-refractivity contribution < 1.29 is 13.2 Å². The number of hydrogen-bond acceptors (Lipinski definition) is 8. The number of aryl methyl sites for hydroxylation is 1. The van der Waals surface area contributed by atoms with Crippen LogP contribution in [0.4, 0.5) is 10.9 Å². The van der Waals surface area contributed by atoms with Gasteiger partial charge in [-0.05, 0) is 0 Å². The lowest BCUT2D eigenvalue weighted by Gasteiger charge is -1.99. The van der Waals surface area contributed by atoms with Crippen LogP contribution in [0.1, 0.15) is 0 Å². The second kappa shape index (κ2) is 4.42. The number of hydrogen-bond donors (Lipinski definition) is 2. The first-order valence-electron chi connectivity index (χ1n) is 4.62. The molecule has 0 aliphatic heterocycles. The van der Waals surface area contributed by atoms with Crippen molar-refractivity contribution in [2.24, 2.45) is 7.05 Å². The minimum atomic E-state index is -3.82. The fourth-order valence-corrected chi connectivity index (χ4v) is 2.97. The van der Waals surface area contributed by atoms with E-state index in [0.29, 0.717) is 5.88 Å². The van der Waals surface area contributed by atoms with Crippen molar-refractivity contribution in [3.63, 3.8) is 0 Å². The smallest absolute Gasteiger partial charge is 0.292 e. The van der Waals surface area contributed by atoms with Crippen molar-refractivity contribution in [1.29, 1.82) is 0 Å². The Morgan fingerprint density at radius 1 is 1.50 bits per heavy atom. The van der Waals surface area contributed by atoms with Crippen molar-refractivity contribution in [3.05, 3.63) is 6.07 Å². The Hall–Kier alpha value is -1.88. The van der Waals surface area contributed by atoms with E-state index >= 15 is 0 Å². The maximum absolute atomic E-state index is 11.9. The molecule has 0 saturated carbocycles. The molecule has 11 heteroatoms. The van der Waals surface area contributed by atoms with Crippen LogP contribution >= 0.6 is 11.3 Å². The van der Waals surface area contributed by atoms with Crippen molar-refractivity contribution in [2.45, 2.75) is 4.34 Å². The first-order chi connectivity index (χ1) is 8.42. The molecule has 2 aromatic heterocycles. The molecule has 2 heterocycles. The van der Waals surface area contributed by atoms with Gasteiger partial charge in [0.05, 0.1) is 7.11 Å². The van der Waals surface area contributed by atoms with Crippen LogP contribution in [-0.2, 0) is 17.1 Å². The second-order valence-corrected chi connectivity index (χ2v) is 6.07. The monoisotopic (exact) mass is 290 g/mol. The molecular formula is C7H10N6O3S2. The first kappa shape index (κ1) is 12.6. The molecule has 0 amide bonds. The summed E-state index contributed by atoms with van der Waals surface area (Å²) in [7, 11) is -0.737. The van der Waals surface area contributed by atoms with Crippen molar-refractivity contribution >= 4 is 32.3 Å². The molecule has 0 unspecified atom stereocenters. The van der Waals surface area contributed by atoms with Gasteiger partial charge in [0.15, 0.2) is 5.82 Å². The summed E-state index contributed by atoms with van der Waals surface area (Å²) in [5, 5.41) is 10.9. The average Bonchev–Trinajstić information content (AvgIpc) is 2.84. The molecular weight excluding hydrogens is 280 g/mol. The fourth-order valence-electron chi connectivity index (χ4n) is 1.20. The molecule has 2 aromatic rings. The van der Waals surface area contributed by atoms with Gasteiger partial charge in [0.2, 0.25) is 11.0 Å². The molecule has 18 heavy (non-hydrogen) atoms. The number of rotatable bonds is 4. The van der Waals surface area contributed by atoms with Crippen LogP contribution in [0.5, 0.6) is 5.88 Å². The highest BCUT2D eigenvalue weighted by Gasteiger charge is 2.21. The number of sulfonamides is 1. The predicted octanol–water partition coefficient (Wildman–Crippen LogP) is -0.337. The van der Waals surface area contributed by atoms with Crippen LogP contribution in [0.2, 0.25) is 0 Å². The highest BCUT2D eigenvalue weighted by Crippen LogP contribution is 2.22. The maximum Gasteiger partial charge on any atom is 0.292 e. The van der Waals surface area contributed by atoms with Crippen LogP contribution in [0.25, 0.3) is 0 Å². The highest BCUT2D eigenvalue weighted by atomic mass is 32.2. The van der Waals surface area contributed by atoms with E-state index in [0.717, 1.165) is 11.3 Å². The number of nitrogen functional groups attached to an aromatic ring is 1. The molecule has 0 saturated heterocycles. The molecule has 0 spiro atoms. The quantitative estimate of drug-likeness (QED) is 0.789. The van der Waals surface area contributed by atoms with Crippen LogP contribution in [-0.4, -0.2) is 35.5 Å². The molecule has 0 fully saturated rings. The molecule has 0 bridgehead atoms. The van der Waals surface area contributed by atoms with E-state index in [-0.39, 0.29) is 15.3 Å². The van der Waals surface area contributed by atoms with Gasteiger partial charge in [-0.1, -0.05) is 11.3 Å². The van der Waals surface area contributed by atoms with E-state index in [1.807, 2.05) is 0 Å². The van der Waals surface area contributed by atoms with Gasteiger partial charge in [0.1, 0.15) is 0 Å². The van der Waals surface area contributed by atoms with E-state index in [9.17, 15) is 8.42 Å². The van der Waals surface area contributed by atoms with E-state index in [4.69, 9.17) is 10.5 Å². The summed E-state index contributed by atoms with van der Waals surface area (Å²) in [5.74, 6) is 0.549. The molecule has 3 N–H and O–H groups in total. The average molecular weight is 290 g/mol. The van der Waals surface area contributed by atoms with E-state index in [1.54, 1.807) is 7.05 Å². The van der Waals surface area contributed by atoms with Crippen molar-refractivity contribution in [1.82, 2.24) is 20.0 Å². The number of nitrogens with one attached hydrogen (secondary N) is 1. The lowest BCUT2D eigenvalue weighted by atomic mass is 10.6. The van der Waals surface area contributed by atoms with Gasteiger partial charge in [-0.2, -0.15) is 13.5 Å². The number of nitrogens with zero attached hydrogens (tertiary/aromatic N) is 4. The Labute approximate surface area is 107 Å². The zero-order chi connectivity index (χ0) is 13.3. The number of aromatic nitrogens is 4. The third kappa shape index (κ3) is 2.36. The fraction of sp³-hybridized carbons (Fsp3) is 0.286. The van der Waals surface area contributed by atoms with Gasteiger partial charge in [-0.15, -0.1) is 10.2 Å². The van der Waals surface area contributed by atoms with Gasteiger partial charge in [0.25, 0.3) is 14.4 Å². The Morgan fingerprint density at radius 3 is 2.72 bits per heavy atom. The molecule has 9 nitrogen and oxygen atoms in total. The molecule has 0 radical (unpaired) electrons. The summed E-state index contributed by atoms with van der Waals surface area (Å²) in [6, 6.07) is 1.45. The van der Waals surface area contributed by atoms with Gasteiger partial charge in [-0.3, -0.25) is 4.72 Å². The van der Waals surface area contributed by atoms with Crippen molar-refractivity contribution in [3.8, 4) is 5.88 Å². The number of ether oxygens (including phenoxy) is 1.